The van der Waals surface area contributed by atoms with Crippen LogP contribution in [0.1, 0.15) is 80.1 Å². The number of piperidine rings is 3. The molecule has 222 valence electrons. The Balaban J connectivity index is 0.000000292. The van der Waals surface area contributed by atoms with Crippen LogP contribution in [0.25, 0.3) is 0 Å². The predicted molar refractivity (Wildman–Crippen MR) is 163 cm³/mol. The summed E-state index contributed by atoms with van der Waals surface area (Å²) in [6, 6.07) is 0. The highest BCUT2D eigenvalue weighted by Crippen LogP contribution is 2.25. The van der Waals surface area contributed by atoms with Crippen LogP contribution in [0.4, 0.5) is 0 Å². The van der Waals surface area contributed by atoms with Gasteiger partial charge in [-0.05, 0) is 92.3 Å². The van der Waals surface area contributed by atoms with E-state index < -0.39 is 0 Å². The van der Waals surface area contributed by atoms with E-state index in [-0.39, 0.29) is 17.7 Å². The summed E-state index contributed by atoms with van der Waals surface area (Å²) in [6.07, 6.45) is 11.5. The van der Waals surface area contributed by atoms with Gasteiger partial charge >= 0.3 is 0 Å². The Morgan fingerprint density at radius 3 is 0.949 bits per heavy atom. The monoisotopic (exact) mass is 543 g/mol. The summed E-state index contributed by atoms with van der Waals surface area (Å²) in [5, 5.41) is 0. The Labute approximate surface area is 239 Å². The molecular weight excluding hydrogens is 486 g/mol. The molecule has 3 aliphatic rings. The molecule has 0 aromatic rings. The van der Waals surface area contributed by atoms with Crippen LogP contribution in [0.3, 0.4) is 0 Å². The summed E-state index contributed by atoms with van der Waals surface area (Å²) >= 11 is 0. The molecule has 0 N–H and O–H groups in total. The van der Waals surface area contributed by atoms with Gasteiger partial charge in [0.2, 0.25) is 17.7 Å². The normalized spacial score (nSPS) is 23.3. The van der Waals surface area contributed by atoms with Crippen molar-refractivity contribution in [1.82, 2.24) is 14.7 Å². The first kappa shape index (κ1) is 34.7. The minimum absolute atomic E-state index is 0.0883. The Hall–Kier alpha value is -2.37. The minimum atomic E-state index is 0.0883. The molecule has 0 aromatic carbocycles. The van der Waals surface area contributed by atoms with Crippen molar-refractivity contribution in [2.75, 3.05) is 39.3 Å². The molecule has 6 nitrogen and oxygen atoms in total. The zero-order valence-electron chi connectivity index (χ0n) is 25.9. The third-order valence-electron chi connectivity index (χ3n) is 8.66. The zero-order chi connectivity index (χ0) is 29.5. The van der Waals surface area contributed by atoms with E-state index >= 15 is 0 Å². The van der Waals surface area contributed by atoms with Gasteiger partial charge in [-0.2, -0.15) is 0 Å². The van der Waals surface area contributed by atoms with E-state index in [0.717, 1.165) is 58.5 Å². The molecule has 0 aliphatic carbocycles. The van der Waals surface area contributed by atoms with Crippen molar-refractivity contribution in [3.63, 3.8) is 0 Å². The number of carbonyl (C=O) groups is 3. The van der Waals surface area contributed by atoms with E-state index in [1.54, 1.807) is 0 Å². The number of nitrogens with zero attached hydrogens (tertiary/aromatic N) is 3. The Morgan fingerprint density at radius 2 is 0.769 bits per heavy atom. The number of likely N-dealkylation sites (tertiary alicyclic amines) is 3. The number of hydrogen-bond donors (Lipinski definition) is 0. The summed E-state index contributed by atoms with van der Waals surface area (Å²) in [5.41, 5.74) is 0. The van der Waals surface area contributed by atoms with Gasteiger partial charge in [0, 0.05) is 39.3 Å². The average Bonchev–Trinajstić information content (AvgIpc) is 2.96. The van der Waals surface area contributed by atoms with Crippen molar-refractivity contribution in [1.29, 1.82) is 0 Å². The molecule has 0 spiro atoms. The van der Waals surface area contributed by atoms with Crippen LogP contribution in [-0.2, 0) is 14.4 Å². The minimum Gasteiger partial charge on any atom is -0.339 e. The molecular formula is C33H57N3O3. The van der Waals surface area contributed by atoms with Crippen LogP contribution in [0.2, 0.25) is 0 Å². The Morgan fingerprint density at radius 1 is 0.538 bits per heavy atom. The van der Waals surface area contributed by atoms with E-state index in [1.165, 1.54) is 37.5 Å². The van der Waals surface area contributed by atoms with Crippen LogP contribution in [0.5, 0.6) is 0 Å². The third kappa shape index (κ3) is 12.1. The molecule has 3 heterocycles. The fraction of sp³-hybridized carbons (Fsp3) is 0.727. The molecule has 0 aromatic heterocycles. The van der Waals surface area contributed by atoms with E-state index in [0.29, 0.717) is 35.5 Å². The molecule has 6 heteroatoms. The van der Waals surface area contributed by atoms with Crippen LogP contribution >= 0.6 is 0 Å². The standard InChI is InChI=1S/3C11H19NO/c3*1-4-11(13)12-7-5-6-10(8-12)9(2)3/h3*4,9-10H,1,5-8H2,2-3H3/t2*10-;/m10./s1. The predicted octanol–water partition coefficient (Wildman–Crippen LogP) is 6.20. The lowest BCUT2D eigenvalue weighted by atomic mass is 9.88. The molecule has 3 amide bonds. The number of amides is 3. The molecule has 0 bridgehead atoms. The Kier molecular flexibility index (Phi) is 16.1. The molecule has 39 heavy (non-hydrogen) atoms. The molecule has 3 rings (SSSR count). The average molecular weight is 544 g/mol. The fourth-order valence-corrected chi connectivity index (χ4v) is 5.65. The summed E-state index contributed by atoms with van der Waals surface area (Å²) in [7, 11) is 0. The van der Waals surface area contributed by atoms with Gasteiger partial charge in [0.15, 0.2) is 0 Å². The number of rotatable bonds is 6. The third-order valence-corrected chi connectivity index (χ3v) is 8.66. The van der Waals surface area contributed by atoms with E-state index in [4.69, 9.17) is 0 Å². The van der Waals surface area contributed by atoms with E-state index in [2.05, 4.69) is 61.3 Å². The van der Waals surface area contributed by atoms with E-state index in [1.807, 2.05) is 14.7 Å². The quantitative estimate of drug-likeness (QED) is 0.375. The van der Waals surface area contributed by atoms with E-state index in [9.17, 15) is 14.4 Å². The number of hydrogen-bond acceptors (Lipinski definition) is 3. The lowest BCUT2D eigenvalue weighted by Gasteiger charge is -2.34. The molecule has 3 fully saturated rings. The van der Waals surface area contributed by atoms with Gasteiger partial charge in [0.05, 0.1) is 0 Å². The van der Waals surface area contributed by atoms with Crippen molar-refractivity contribution in [3.8, 4) is 0 Å². The number of carbonyl (C=O) groups excluding carboxylic acids is 3. The van der Waals surface area contributed by atoms with Crippen molar-refractivity contribution in [3.05, 3.63) is 38.0 Å². The van der Waals surface area contributed by atoms with Crippen LogP contribution in [0.15, 0.2) is 38.0 Å². The summed E-state index contributed by atoms with van der Waals surface area (Å²) in [5.74, 6) is 4.34. The van der Waals surface area contributed by atoms with Gasteiger partial charge in [0.1, 0.15) is 0 Å². The first-order chi connectivity index (χ1) is 18.4. The topological polar surface area (TPSA) is 60.9 Å². The van der Waals surface area contributed by atoms with Gasteiger partial charge in [-0.15, -0.1) is 0 Å². The second kappa shape index (κ2) is 18.1. The van der Waals surface area contributed by atoms with Gasteiger partial charge in [-0.25, -0.2) is 0 Å². The van der Waals surface area contributed by atoms with Crippen molar-refractivity contribution in [2.24, 2.45) is 35.5 Å². The van der Waals surface area contributed by atoms with Gasteiger partial charge < -0.3 is 14.7 Å². The highest BCUT2D eigenvalue weighted by atomic mass is 16.2. The fourth-order valence-electron chi connectivity index (χ4n) is 5.65. The largest absolute Gasteiger partial charge is 0.339 e. The second-order valence-electron chi connectivity index (χ2n) is 12.4. The molecule has 3 saturated heterocycles. The van der Waals surface area contributed by atoms with Crippen molar-refractivity contribution < 1.29 is 14.4 Å². The van der Waals surface area contributed by atoms with Crippen molar-refractivity contribution >= 4 is 17.7 Å². The molecule has 3 atom stereocenters. The first-order valence-corrected chi connectivity index (χ1v) is 15.2. The first-order valence-electron chi connectivity index (χ1n) is 15.2. The Bertz CT molecular complexity index is 699. The smallest absolute Gasteiger partial charge is 0.245 e. The molecule has 0 radical (unpaired) electrons. The highest BCUT2D eigenvalue weighted by Gasteiger charge is 2.25. The SMILES string of the molecule is C=CC(=O)N1CCCC(C(C)C)C1.C=CC(=O)N1CCC[C@@H](C(C)C)C1.C=CC(=O)N1CCC[C@H](C(C)C)C1. The maximum absolute atomic E-state index is 11.3. The van der Waals surface area contributed by atoms with Gasteiger partial charge in [-0.3, -0.25) is 14.4 Å². The van der Waals surface area contributed by atoms with Crippen molar-refractivity contribution in [2.45, 2.75) is 80.1 Å². The molecule has 1 unspecified atom stereocenters. The van der Waals surface area contributed by atoms with Crippen LogP contribution in [0, 0.1) is 35.5 Å². The zero-order valence-corrected chi connectivity index (χ0v) is 25.9. The lowest BCUT2D eigenvalue weighted by Crippen LogP contribution is -2.40. The summed E-state index contributed by atoms with van der Waals surface area (Å²) in [4.78, 5) is 39.8. The molecule has 3 aliphatic heterocycles. The van der Waals surface area contributed by atoms with Crippen LogP contribution < -0.4 is 0 Å². The molecule has 0 saturated carbocycles. The second-order valence-corrected chi connectivity index (χ2v) is 12.4. The highest BCUT2D eigenvalue weighted by molar-refractivity contribution is 5.87. The summed E-state index contributed by atoms with van der Waals surface area (Å²) < 4.78 is 0. The van der Waals surface area contributed by atoms with Gasteiger partial charge in [-0.1, -0.05) is 61.3 Å². The van der Waals surface area contributed by atoms with Gasteiger partial charge in [0.25, 0.3) is 0 Å². The maximum atomic E-state index is 11.3. The lowest BCUT2D eigenvalue weighted by molar-refractivity contribution is -0.128. The maximum Gasteiger partial charge on any atom is 0.245 e. The summed E-state index contributed by atoms with van der Waals surface area (Å²) in [6.45, 7) is 29.4. The van der Waals surface area contributed by atoms with Crippen LogP contribution in [-0.4, -0.2) is 71.7 Å².